The van der Waals surface area contributed by atoms with Gasteiger partial charge in [0.15, 0.2) is 0 Å². The lowest BCUT2D eigenvalue weighted by Crippen LogP contribution is -2.25. The standard InChI is InChI=1S/C14H24N2O2S2/c1-3-4-5-8-16-20(17,18)14-9-13(19-11(14)2)10-15-12-6-7-12/h9,12,15-16H,3-8,10H2,1-2H3. The number of aryl methyl sites for hydroxylation is 1. The number of thiophene rings is 1. The van der Waals surface area contributed by atoms with Crippen LogP contribution in [0.1, 0.15) is 48.8 Å². The fourth-order valence-electron chi connectivity index (χ4n) is 2.07. The van der Waals surface area contributed by atoms with Gasteiger partial charge < -0.3 is 5.32 Å². The fourth-order valence-corrected chi connectivity index (χ4v) is 4.73. The molecule has 0 aromatic carbocycles. The molecule has 1 aromatic heterocycles. The quantitative estimate of drug-likeness (QED) is 0.689. The molecular weight excluding hydrogens is 292 g/mol. The van der Waals surface area contributed by atoms with Gasteiger partial charge >= 0.3 is 0 Å². The van der Waals surface area contributed by atoms with E-state index < -0.39 is 10.0 Å². The SMILES string of the molecule is CCCCCNS(=O)(=O)c1cc(CNC2CC2)sc1C. The Labute approximate surface area is 126 Å². The third-order valence-corrected chi connectivity index (χ3v) is 6.19. The minimum absolute atomic E-state index is 0.451. The smallest absolute Gasteiger partial charge is 0.241 e. The highest BCUT2D eigenvalue weighted by atomic mass is 32.2. The molecule has 1 aromatic rings. The molecule has 0 unspecified atom stereocenters. The first-order valence-electron chi connectivity index (χ1n) is 7.35. The first-order chi connectivity index (χ1) is 9.53. The molecule has 0 radical (unpaired) electrons. The van der Waals surface area contributed by atoms with Gasteiger partial charge in [0.25, 0.3) is 0 Å². The van der Waals surface area contributed by atoms with Gasteiger partial charge in [0.1, 0.15) is 0 Å². The summed E-state index contributed by atoms with van der Waals surface area (Å²) in [4.78, 5) is 2.43. The average molecular weight is 316 g/mol. The van der Waals surface area contributed by atoms with Crippen molar-refractivity contribution in [2.75, 3.05) is 6.54 Å². The summed E-state index contributed by atoms with van der Waals surface area (Å²) in [7, 11) is -3.34. The maximum absolute atomic E-state index is 12.3. The number of rotatable bonds is 9. The molecule has 1 aliphatic carbocycles. The molecular formula is C14H24N2O2S2. The molecule has 20 heavy (non-hydrogen) atoms. The molecule has 0 spiro atoms. The van der Waals surface area contributed by atoms with E-state index in [0.717, 1.165) is 35.6 Å². The van der Waals surface area contributed by atoms with E-state index in [1.165, 1.54) is 12.8 Å². The van der Waals surface area contributed by atoms with Gasteiger partial charge in [0.05, 0.1) is 4.90 Å². The third kappa shape index (κ3) is 4.55. The zero-order chi connectivity index (χ0) is 14.6. The summed E-state index contributed by atoms with van der Waals surface area (Å²) in [6.07, 6.45) is 5.54. The fraction of sp³-hybridized carbons (Fsp3) is 0.714. The molecule has 114 valence electrons. The predicted octanol–water partition coefficient (Wildman–Crippen LogP) is 2.78. The van der Waals surface area contributed by atoms with Crippen LogP contribution in [0.4, 0.5) is 0 Å². The van der Waals surface area contributed by atoms with Crippen LogP contribution >= 0.6 is 11.3 Å². The van der Waals surface area contributed by atoms with Crippen LogP contribution in [0.2, 0.25) is 0 Å². The van der Waals surface area contributed by atoms with Crippen LogP contribution < -0.4 is 10.0 Å². The van der Waals surface area contributed by atoms with Crippen LogP contribution in [-0.2, 0) is 16.6 Å². The highest BCUT2D eigenvalue weighted by Crippen LogP contribution is 2.27. The summed E-state index contributed by atoms with van der Waals surface area (Å²) in [6.45, 7) is 5.30. The van der Waals surface area contributed by atoms with Gasteiger partial charge in [-0.1, -0.05) is 19.8 Å². The Hall–Kier alpha value is -0.430. The summed E-state index contributed by atoms with van der Waals surface area (Å²) in [5.74, 6) is 0. The van der Waals surface area contributed by atoms with Gasteiger partial charge in [-0.3, -0.25) is 0 Å². The number of unbranched alkanes of at least 4 members (excludes halogenated alkanes) is 2. The molecule has 1 saturated carbocycles. The van der Waals surface area contributed by atoms with Gasteiger partial charge in [0, 0.05) is 28.9 Å². The summed E-state index contributed by atoms with van der Waals surface area (Å²) in [5.41, 5.74) is 0. The second-order valence-electron chi connectivity index (χ2n) is 5.39. The van der Waals surface area contributed by atoms with E-state index in [4.69, 9.17) is 0 Å². The van der Waals surface area contributed by atoms with E-state index in [-0.39, 0.29) is 0 Å². The van der Waals surface area contributed by atoms with Crippen LogP contribution in [-0.4, -0.2) is 21.0 Å². The molecule has 2 rings (SSSR count). The third-order valence-electron chi connectivity index (χ3n) is 3.43. The lowest BCUT2D eigenvalue weighted by Gasteiger charge is -2.05. The Morgan fingerprint density at radius 2 is 2.10 bits per heavy atom. The van der Waals surface area contributed by atoms with Crippen molar-refractivity contribution in [2.24, 2.45) is 0 Å². The second-order valence-corrected chi connectivity index (χ2v) is 8.47. The van der Waals surface area contributed by atoms with E-state index in [9.17, 15) is 8.42 Å². The Morgan fingerprint density at radius 1 is 1.35 bits per heavy atom. The lowest BCUT2D eigenvalue weighted by atomic mass is 10.3. The van der Waals surface area contributed by atoms with Crippen molar-refractivity contribution in [1.82, 2.24) is 10.0 Å². The zero-order valence-corrected chi connectivity index (χ0v) is 13.9. The van der Waals surface area contributed by atoms with E-state index in [0.29, 0.717) is 17.5 Å². The Kier molecular flexibility index (Phi) is 5.60. The topological polar surface area (TPSA) is 58.2 Å². The van der Waals surface area contributed by atoms with Crippen LogP contribution in [0.25, 0.3) is 0 Å². The Bertz CT molecular complexity index is 533. The highest BCUT2D eigenvalue weighted by molar-refractivity contribution is 7.89. The number of sulfonamides is 1. The Balaban J connectivity index is 1.94. The van der Waals surface area contributed by atoms with Crippen molar-refractivity contribution >= 4 is 21.4 Å². The van der Waals surface area contributed by atoms with Crippen molar-refractivity contribution in [3.63, 3.8) is 0 Å². The van der Waals surface area contributed by atoms with Gasteiger partial charge in [-0.2, -0.15) is 0 Å². The molecule has 6 heteroatoms. The highest BCUT2D eigenvalue weighted by Gasteiger charge is 2.22. The number of nitrogens with one attached hydrogen (secondary N) is 2. The molecule has 0 saturated heterocycles. The minimum Gasteiger partial charge on any atom is -0.309 e. The van der Waals surface area contributed by atoms with Crippen LogP contribution in [0.3, 0.4) is 0 Å². The summed E-state index contributed by atoms with van der Waals surface area (Å²) in [5, 5.41) is 3.42. The van der Waals surface area contributed by atoms with Crippen molar-refractivity contribution < 1.29 is 8.42 Å². The van der Waals surface area contributed by atoms with E-state index >= 15 is 0 Å². The summed E-state index contributed by atoms with van der Waals surface area (Å²) >= 11 is 1.57. The summed E-state index contributed by atoms with van der Waals surface area (Å²) in [6, 6.07) is 2.46. The van der Waals surface area contributed by atoms with Crippen molar-refractivity contribution in [3.8, 4) is 0 Å². The average Bonchev–Trinajstić information content (AvgIpc) is 3.15. The Morgan fingerprint density at radius 3 is 2.75 bits per heavy atom. The summed E-state index contributed by atoms with van der Waals surface area (Å²) < 4.78 is 27.2. The molecule has 2 N–H and O–H groups in total. The molecule has 1 aliphatic rings. The normalized spacial score (nSPS) is 15.7. The second kappa shape index (κ2) is 7.02. The predicted molar refractivity (Wildman–Crippen MR) is 83.6 cm³/mol. The van der Waals surface area contributed by atoms with E-state index in [1.807, 2.05) is 13.0 Å². The van der Waals surface area contributed by atoms with Crippen LogP contribution in [0.15, 0.2) is 11.0 Å². The number of hydrogen-bond acceptors (Lipinski definition) is 4. The van der Waals surface area contributed by atoms with Gasteiger partial charge in [-0.25, -0.2) is 13.1 Å². The molecule has 1 heterocycles. The molecule has 4 nitrogen and oxygen atoms in total. The maximum atomic E-state index is 12.3. The van der Waals surface area contributed by atoms with Gasteiger partial charge in [-0.05, 0) is 32.3 Å². The molecule has 0 amide bonds. The first-order valence-corrected chi connectivity index (χ1v) is 9.65. The monoisotopic (exact) mass is 316 g/mol. The molecule has 0 atom stereocenters. The minimum atomic E-state index is -3.34. The number of hydrogen-bond donors (Lipinski definition) is 2. The van der Waals surface area contributed by atoms with E-state index in [2.05, 4.69) is 17.0 Å². The first kappa shape index (κ1) is 15.9. The largest absolute Gasteiger partial charge is 0.309 e. The molecule has 0 bridgehead atoms. The van der Waals surface area contributed by atoms with Gasteiger partial charge in [0.2, 0.25) is 10.0 Å². The van der Waals surface area contributed by atoms with Crippen molar-refractivity contribution in [1.29, 1.82) is 0 Å². The maximum Gasteiger partial charge on any atom is 0.241 e. The molecule has 1 fully saturated rings. The van der Waals surface area contributed by atoms with Crippen LogP contribution in [0.5, 0.6) is 0 Å². The van der Waals surface area contributed by atoms with E-state index in [1.54, 1.807) is 11.3 Å². The van der Waals surface area contributed by atoms with Crippen molar-refractivity contribution in [2.45, 2.75) is 63.4 Å². The van der Waals surface area contributed by atoms with Gasteiger partial charge in [-0.15, -0.1) is 11.3 Å². The van der Waals surface area contributed by atoms with Crippen LogP contribution in [0, 0.1) is 6.92 Å². The zero-order valence-electron chi connectivity index (χ0n) is 12.2. The van der Waals surface area contributed by atoms with Crippen molar-refractivity contribution in [3.05, 3.63) is 15.8 Å². The lowest BCUT2D eigenvalue weighted by molar-refractivity contribution is 0.575. The molecule has 0 aliphatic heterocycles.